The van der Waals surface area contributed by atoms with Crippen LogP contribution in [0.25, 0.3) is 0 Å². The average molecular weight is 317 g/mol. The minimum atomic E-state index is -1.02. The third-order valence-corrected chi connectivity index (χ3v) is 3.28. The average Bonchev–Trinajstić information content (AvgIpc) is 2.57. The Labute approximate surface area is 136 Å². The minimum absolute atomic E-state index is 0.160. The number of carbonyl (C=O) groups is 1. The highest BCUT2D eigenvalue weighted by molar-refractivity contribution is 5.73. The van der Waals surface area contributed by atoms with E-state index in [4.69, 9.17) is 15.9 Å². The molecule has 0 aliphatic carbocycles. The molecule has 0 aliphatic heterocycles. The molecular weight excluding hydrogens is 294 g/mol. The lowest BCUT2D eigenvalue weighted by Crippen LogP contribution is -2.32. The Hall–Kier alpha value is -2.37. The van der Waals surface area contributed by atoms with Gasteiger partial charge in [-0.05, 0) is 36.1 Å². The van der Waals surface area contributed by atoms with Crippen LogP contribution < -0.4 is 5.73 Å². The molecule has 2 rings (SSSR count). The number of aliphatic hydroxyl groups excluding tert-OH is 1. The van der Waals surface area contributed by atoms with Crippen molar-refractivity contribution < 1.29 is 20.1 Å². The third kappa shape index (κ3) is 6.95. The molecule has 2 unspecified atom stereocenters. The second kappa shape index (κ2) is 9.61. The largest absolute Gasteiger partial charge is 0.508 e. The number of benzene rings is 2. The zero-order valence-electron chi connectivity index (χ0n) is 13.1. The van der Waals surface area contributed by atoms with E-state index in [2.05, 4.69) is 0 Å². The van der Waals surface area contributed by atoms with Gasteiger partial charge in [-0.15, -0.1) is 0 Å². The molecule has 0 amide bonds. The fraction of sp³-hybridized carbons (Fsp3) is 0.278. The minimum Gasteiger partial charge on any atom is -0.508 e. The molecule has 0 aliphatic rings. The molecule has 5 heteroatoms. The van der Waals surface area contributed by atoms with Crippen LogP contribution in [-0.4, -0.2) is 27.3 Å². The van der Waals surface area contributed by atoms with Crippen LogP contribution in [0.15, 0.2) is 54.6 Å². The number of aliphatic carboxylic acids is 1. The molecule has 2 aromatic carbocycles. The number of hydrogen-bond donors (Lipinski definition) is 4. The van der Waals surface area contributed by atoms with E-state index in [0.717, 1.165) is 17.5 Å². The smallest absolute Gasteiger partial charge is 0.320 e. The molecular formula is C18H23NO4. The lowest BCUT2D eigenvalue weighted by molar-refractivity contribution is -0.138. The maximum atomic E-state index is 10.4. The van der Waals surface area contributed by atoms with Crippen LogP contribution in [0, 0.1) is 0 Å². The highest BCUT2D eigenvalue weighted by atomic mass is 16.4. The Kier molecular flexibility index (Phi) is 7.80. The molecule has 0 saturated heterocycles. The molecule has 2 aromatic rings. The van der Waals surface area contributed by atoms with Gasteiger partial charge in [0.2, 0.25) is 0 Å². The van der Waals surface area contributed by atoms with E-state index in [0.29, 0.717) is 0 Å². The number of carboxylic acids is 1. The highest BCUT2D eigenvalue weighted by Gasteiger charge is 2.11. The lowest BCUT2D eigenvalue weighted by atomic mass is 10.1. The molecule has 0 spiro atoms. The fourth-order valence-electron chi connectivity index (χ4n) is 1.88. The van der Waals surface area contributed by atoms with Gasteiger partial charge in [-0.1, -0.05) is 49.4 Å². The van der Waals surface area contributed by atoms with Crippen LogP contribution in [0.2, 0.25) is 0 Å². The van der Waals surface area contributed by atoms with E-state index < -0.39 is 12.0 Å². The van der Waals surface area contributed by atoms with Gasteiger partial charge in [0, 0.05) is 0 Å². The van der Waals surface area contributed by atoms with Crippen molar-refractivity contribution in [2.45, 2.75) is 31.9 Å². The monoisotopic (exact) mass is 317 g/mol. The first-order chi connectivity index (χ1) is 10.9. The van der Waals surface area contributed by atoms with E-state index in [1.165, 1.54) is 12.1 Å². The Bertz CT molecular complexity index is 584. The summed E-state index contributed by atoms with van der Waals surface area (Å²) in [5.41, 5.74) is 7.13. The van der Waals surface area contributed by atoms with Crippen molar-refractivity contribution in [3.63, 3.8) is 0 Å². The molecule has 5 nitrogen and oxygen atoms in total. The summed E-state index contributed by atoms with van der Waals surface area (Å²) in [4.78, 5) is 10.4. The lowest BCUT2D eigenvalue weighted by Gasteiger charge is -2.05. The van der Waals surface area contributed by atoms with Crippen LogP contribution in [0.1, 0.15) is 30.6 Å². The number of hydrogen-bond acceptors (Lipinski definition) is 4. The number of rotatable bonds is 5. The summed E-state index contributed by atoms with van der Waals surface area (Å²) in [7, 11) is 0. The van der Waals surface area contributed by atoms with E-state index in [1.807, 2.05) is 37.3 Å². The third-order valence-electron chi connectivity index (χ3n) is 3.28. The molecule has 5 N–H and O–H groups in total. The number of phenolic OH excluding ortho intramolecular Hbond substituents is 1. The van der Waals surface area contributed by atoms with Crippen molar-refractivity contribution in [3.05, 3.63) is 65.7 Å². The first-order valence-corrected chi connectivity index (χ1v) is 7.43. The normalized spacial score (nSPS) is 12.7. The fourth-order valence-corrected chi connectivity index (χ4v) is 1.88. The quantitative estimate of drug-likeness (QED) is 0.678. The molecule has 0 radical (unpaired) electrons. The van der Waals surface area contributed by atoms with Crippen molar-refractivity contribution in [3.8, 4) is 5.75 Å². The standard InChI is InChI=1S/C9H11NO3.C9H12O/c10-8(9(12)13)5-6-1-3-7(11)4-2-6;1-2-9(10)8-6-4-3-5-7-8/h1-4,8,11H,5,10H2,(H,12,13);3-7,9-10H,2H2,1H3. The SMILES string of the molecule is CCC(O)c1ccccc1.NC(Cc1ccc(O)cc1)C(=O)O. The van der Waals surface area contributed by atoms with Crippen LogP contribution in [0.5, 0.6) is 5.75 Å². The van der Waals surface area contributed by atoms with Gasteiger partial charge in [0.15, 0.2) is 0 Å². The first kappa shape index (κ1) is 18.7. The molecule has 23 heavy (non-hydrogen) atoms. The van der Waals surface area contributed by atoms with Crippen molar-refractivity contribution in [1.82, 2.24) is 0 Å². The Balaban J connectivity index is 0.000000238. The zero-order valence-corrected chi connectivity index (χ0v) is 13.1. The summed E-state index contributed by atoms with van der Waals surface area (Å²) in [6.07, 6.45) is 0.765. The Morgan fingerprint density at radius 1 is 1.09 bits per heavy atom. The summed E-state index contributed by atoms with van der Waals surface area (Å²) < 4.78 is 0. The second-order valence-electron chi connectivity index (χ2n) is 5.15. The summed E-state index contributed by atoms with van der Waals surface area (Å²) in [6, 6.07) is 15.1. The molecule has 0 bridgehead atoms. The van der Waals surface area contributed by atoms with Gasteiger partial charge in [0.05, 0.1) is 6.10 Å². The predicted octanol–water partition coefficient (Wildman–Crippen LogP) is 2.48. The van der Waals surface area contributed by atoms with Crippen molar-refractivity contribution in [1.29, 1.82) is 0 Å². The molecule has 0 fully saturated rings. The van der Waals surface area contributed by atoms with Crippen LogP contribution in [0.3, 0.4) is 0 Å². The summed E-state index contributed by atoms with van der Waals surface area (Å²) in [5.74, 6) is -0.860. The van der Waals surface area contributed by atoms with Crippen LogP contribution >= 0.6 is 0 Å². The molecule has 0 heterocycles. The number of phenols is 1. The number of nitrogens with two attached hydrogens (primary N) is 1. The Morgan fingerprint density at radius 2 is 1.65 bits per heavy atom. The second-order valence-corrected chi connectivity index (χ2v) is 5.15. The number of aromatic hydroxyl groups is 1. The maximum absolute atomic E-state index is 10.4. The summed E-state index contributed by atoms with van der Waals surface area (Å²) in [5, 5.41) is 26.8. The van der Waals surface area contributed by atoms with E-state index in [-0.39, 0.29) is 18.3 Å². The van der Waals surface area contributed by atoms with E-state index in [1.54, 1.807) is 12.1 Å². The molecule has 2 atom stereocenters. The maximum Gasteiger partial charge on any atom is 0.320 e. The van der Waals surface area contributed by atoms with E-state index >= 15 is 0 Å². The van der Waals surface area contributed by atoms with Gasteiger partial charge in [0.1, 0.15) is 11.8 Å². The summed E-state index contributed by atoms with van der Waals surface area (Å²) >= 11 is 0. The number of carboxylic acid groups (broad SMARTS) is 1. The molecule has 0 saturated carbocycles. The van der Waals surface area contributed by atoms with Gasteiger partial charge in [-0.25, -0.2) is 0 Å². The van der Waals surface area contributed by atoms with Crippen LogP contribution in [0.4, 0.5) is 0 Å². The van der Waals surface area contributed by atoms with Crippen molar-refractivity contribution in [2.24, 2.45) is 5.73 Å². The van der Waals surface area contributed by atoms with Crippen molar-refractivity contribution >= 4 is 5.97 Å². The van der Waals surface area contributed by atoms with Gasteiger partial charge in [-0.3, -0.25) is 4.79 Å². The zero-order chi connectivity index (χ0) is 17.2. The van der Waals surface area contributed by atoms with E-state index in [9.17, 15) is 9.90 Å². The highest BCUT2D eigenvalue weighted by Crippen LogP contribution is 2.14. The topological polar surface area (TPSA) is 104 Å². The van der Waals surface area contributed by atoms with Crippen molar-refractivity contribution in [2.75, 3.05) is 0 Å². The van der Waals surface area contributed by atoms with Gasteiger partial charge < -0.3 is 21.1 Å². The molecule has 124 valence electrons. The van der Waals surface area contributed by atoms with Crippen LogP contribution in [-0.2, 0) is 11.2 Å². The first-order valence-electron chi connectivity index (χ1n) is 7.43. The Morgan fingerprint density at radius 3 is 2.13 bits per heavy atom. The molecule has 0 aromatic heterocycles. The predicted molar refractivity (Wildman–Crippen MR) is 89.1 cm³/mol. The summed E-state index contributed by atoms with van der Waals surface area (Å²) in [6.45, 7) is 1.97. The van der Waals surface area contributed by atoms with Gasteiger partial charge >= 0.3 is 5.97 Å². The number of aliphatic hydroxyl groups is 1. The van der Waals surface area contributed by atoms with Gasteiger partial charge in [-0.2, -0.15) is 0 Å². The van der Waals surface area contributed by atoms with Gasteiger partial charge in [0.25, 0.3) is 0 Å².